The lowest BCUT2D eigenvalue weighted by molar-refractivity contribution is 0.386. The number of hydrazone groups is 1. The molecule has 0 saturated heterocycles. The second-order valence-corrected chi connectivity index (χ2v) is 9.19. The molecule has 0 aliphatic carbocycles. The summed E-state index contributed by atoms with van der Waals surface area (Å²) < 4.78 is 19.5. The van der Waals surface area contributed by atoms with Crippen molar-refractivity contribution in [2.75, 3.05) is 12.1 Å². The molecule has 1 aliphatic heterocycles. The molecule has 1 atom stereocenters. The van der Waals surface area contributed by atoms with E-state index in [1.807, 2.05) is 58.9 Å². The minimum Gasteiger partial charge on any atom is -0.494 e. The molecule has 0 spiro atoms. The van der Waals surface area contributed by atoms with Gasteiger partial charge in [-0.05, 0) is 35.9 Å². The van der Waals surface area contributed by atoms with Gasteiger partial charge in [0.15, 0.2) is 11.6 Å². The number of thiazole rings is 1. The number of rotatable bonds is 5. The molecular formula is C25H18Cl2FN3OS. The number of methoxy groups -OCH3 is 1. The van der Waals surface area contributed by atoms with Gasteiger partial charge in [-0.15, -0.1) is 11.3 Å². The second-order valence-electron chi connectivity index (χ2n) is 7.51. The molecule has 166 valence electrons. The van der Waals surface area contributed by atoms with Gasteiger partial charge in [0.1, 0.15) is 0 Å². The van der Waals surface area contributed by atoms with E-state index in [1.165, 1.54) is 24.5 Å². The van der Waals surface area contributed by atoms with Crippen molar-refractivity contribution < 1.29 is 9.13 Å². The largest absolute Gasteiger partial charge is 0.494 e. The number of hydrogen-bond acceptors (Lipinski definition) is 5. The van der Waals surface area contributed by atoms with E-state index in [1.54, 1.807) is 12.1 Å². The Bertz CT molecular complexity index is 1340. The van der Waals surface area contributed by atoms with Gasteiger partial charge in [0.2, 0.25) is 5.13 Å². The topological polar surface area (TPSA) is 37.7 Å². The fourth-order valence-electron chi connectivity index (χ4n) is 3.83. The predicted molar refractivity (Wildman–Crippen MR) is 133 cm³/mol. The molecule has 2 heterocycles. The van der Waals surface area contributed by atoms with Crippen LogP contribution in [0.15, 0.2) is 77.2 Å². The van der Waals surface area contributed by atoms with Crippen LogP contribution in [0.1, 0.15) is 23.6 Å². The maximum atomic E-state index is 14.4. The molecule has 0 radical (unpaired) electrons. The molecule has 0 amide bonds. The van der Waals surface area contributed by atoms with E-state index in [4.69, 9.17) is 38.0 Å². The van der Waals surface area contributed by atoms with Crippen molar-refractivity contribution in [2.24, 2.45) is 5.10 Å². The molecule has 4 nitrogen and oxygen atoms in total. The summed E-state index contributed by atoms with van der Waals surface area (Å²) in [5.74, 6) is -0.239. The third-order valence-electron chi connectivity index (χ3n) is 5.47. The van der Waals surface area contributed by atoms with E-state index in [9.17, 15) is 4.39 Å². The average Bonchev–Trinajstić information content (AvgIpc) is 3.47. The number of anilines is 1. The van der Waals surface area contributed by atoms with E-state index in [-0.39, 0.29) is 11.8 Å². The van der Waals surface area contributed by atoms with Crippen LogP contribution < -0.4 is 9.75 Å². The van der Waals surface area contributed by atoms with E-state index < -0.39 is 5.82 Å². The SMILES string of the molecule is COc1ccc(C2=NN(c3nc(-c4ccccc4)cs3)C(c3ccc(Cl)cc3Cl)C2)cc1F. The molecule has 33 heavy (non-hydrogen) atoms. The van der Waals surface area contributed by atoms with Gasteiger partial charge < -0.3 is 4.74 Å². The molecule has 1 aromatic heterocycles. The molecule has 1 aliphatic rings. The lowest BCUT2D eigenvalue weighted by Gasteiger charge is -2.22. The summed E-state index contributed by atoms with van der Waals surface area (Å²) in [4.78, 5) is 4.83. The van der Waals surface area contributed by atoms with E-state index in [0.29, 0.717) is 22.0 Å². The first-order valence-electron chi connectivity index (χ1n) is 10.2. The number of ether oxygens (including phenoxy) is 1. The molecule has 1 unspecified atom stereocenters. The highest BCUT2D eigenvalue weighted by Gasteiger charge is 2.33. The molecular weight excluding hydrogens is 480 g/mol. The van der Waals surface area contributed by atoms with Crippen LogP contribution in [-0.4, -0.2) is 17.8 Å². The summed E-state index contributed by atoms with van der Waals surface area (Å²) in [6, 6.07) is 20.1. The van der Waals surface area contributed by atoms with Crippen LogP contribution in [-0.2, 0) is 0 Å². The van der Waals surface area contributed by atoms with Crippen molar-refractivity contribution in [1.29, 1.82) is 0 Å². The third kappa shape index (κ3) is 4.34. The highest BCUT2D eigenvalue weighted by Crippen LogP contribution is 2.42. The number of benzene rings is 3. The molecule has 3 aromatic carbocycles. The van der Waals surface area contributed by atoms with Crippen LogP contribution in [0, 0.1) is 5.82 Å². The van der Waals surface area contributed by atoms with Gasteiger partial charge in [0.25, 0.3) is 0 Å². The lowest BCUT2D eigenvalue weighted by Crippen LogP contribution is -2.18. The Kier molecular flexibility index (Phi) is 6.06. The number of halogens is 3. The zero-order valence-electron chi connectivity index (χ0n) is 17.5. The quantitative estimate of drug-likeness (QED) is 0.284. The van der Waals surface area contributed by atoms with Gasteiger partial charge in [0, 0.05) is 33.0 Å². The van der Waals surface area contributed by atoms with Crippen LogP contribution in [0.25, 0.3) is 11.3 Å². The average molecular weight is 498 g/mol. The predicted octanol–water partition coefficient (Wildman–Crippen LogP) is 7.62. The third-order valence-corrected chi connectivity index (χ3v) is 6.87. The van der Waals surface area contributed by atoms with Crippen molar-refractivity contribution in [1.82, 2.24) is 4.98 Å². The molecule has 8 heteroatoms. The van der Waals surface area contributed by atoms with E-state index in [0.717, 1.165) is 27.7 Å². The number of hydrogen-bond donors (Lipinski definition) is 0. The minimum absolute atomic E-state index is 0.193. The summed E-state index contributed by atoms with van der Waals surface area (Å²) in [7, 11) is 1.44. The maximum absolute atomic E-state index is 14.4. The Morgan fingerprint density at radius 3 is 2.58 bits per heavy atom. The van der Waals surface area contributed by atoms with Crippen LogP contribution >= 0.6 is 34.5 Å². The first kappa shape index (κ1) is 21.9. The van der Waals surface area contributed by atoms with Crippen molar-refractivity contribution in [3.63, 3.8) is 0 Å². The smallest absolute Gasteiger partial charge is 0.207 e. The molecule has 5 rings (SSSR count). The first-order chi connectivity index (χ1) is 16.0. The standard InChI is InChI=1S/C25H18Cl2FN3OS/c1-32-24-10-7-16(11-20(24)28)21-13-23(18-9-8-17(26)12-19(18)27)31(30-21)25-29-22(14-33-25)15-5-3-2-4-6-15/h2-12,14,23H,13H2,1H3. The fourth-order valence-corrected chi connectivity index (χ4v) is 5.20. The molecule has 0 bridgehead atoms. The fraction of sp³-hybridized carbons (Fsp3) is 0.120. The van der Waals surface area contributed by atoms with E-state index >= 15 is 0 Å². The van der Waals surface area contributed by atoms with Gasteiger partial charge in [-0.25, -0.2) is 14.4 Å². The second kappa shape index (κ2) is 9.14. The summed E-state index contributed by atoms with van der Waals surface area (Å²) in [6.07, 6.45) is 0.535. The Labute approximate surface area is 204 Å². The zero-order chi connectivity index (χ0) is 22.9. The maximum Gasteiger partial charge on any atom is 0.207 e. The molecule has 0 saturated carbocycles. The minimum atomic E-state index is -0.433. The Hall–Kier alpha value is -2.93. The van der Waals surface area contributed by atoms with Crippen LogP contribution in [0.4, 0.5) is 9.52 Å². The van der Waals surface area contributed by atoms with Gasteiger partial charge >= 0.3 is 0 Å². The van der Waals surface area contributed by atoms with Crippen LogP contribution in [0.2, 0.25) is 10.0 Å². The number of nitrogens with zero attached hydrogens (tertiary/aromatic N) is 3. The van der Waals surface area contributed by atoms with Crippen molar-refractivity contribution >= 4 is 45.4 Å². The Morgan fingerprint density at radius 1 is 1.03 bits per heavy atom. The highest BCUT2D eigenvalue weighted by atomic mass is 35.5. The van der Waals surface area contributed by atoms with Crippen LogP contribution in [0.5, 0.6) is 5.75 Å². The summed E-state index contributed by atoms with van der Waals surface area (Å²) in [5, 5.41) is 10.6. The monoisotopic (exact) mass is 497 g/mol. The first-order valence-corrected chi connectivity index (χ1v) is 11.8. The van der Waals surface area contributed by atoms with Crippen molar-refractivity contribution in [3.8, 4) is 17.0 Å². The molecule has 0 N–H and O–H groups in total. The molecule has 4 aromatic rings. The van der Waals surface area contributed by atoms with Gasteiger partial charge in [-0.1, -0.05) is 59.6 Å². The van der Waals surface area contributed by atoms with Gasteiger partial charge in [-0.2, -0.15) is 5.10 Å². The zero-order valence-corrected chi connectivity index (χ0v) is 19.8. The summed E-state index contributed by atoms with van der Waals surface area (Å²) in [5.41, 5.74) is 4.21. The summed E-state index contributed by atoms with van der Waals surface area (Å²) >= 11 is 14.2. The highest BCUT2D eigenvalue weighted by molar-refractivity contribution is 7.14. The Morgan fingerprint density at radius 2 is 1.85 bits per heavy atom. The van der Waals surface area contributed by atoms with Crippen molar-refractivity contribution in [2.45, 2.75) is 12.5 Å². The molecule has 0 fully saturated rings. The van der Waals surface area contributed by atoms with Gasteiger partial charge in [-0.3, -0.25) is 0 Å². The van der Waals surface area contributed by atoms with E-state index in [2.05, 4.69) is 0 Å². The summed E-state index contributed by atoms with van der Waals surface area (Å²) in [6.45, 7) is 0. The van der Waals surface area contributed by atoms with Crippen LogP contribution in [0.3, 0.4) is 0 Å². The lowest BCUT2D eigenvalue weighted by atomic mass is 9.98. The normalized spacial score (nSPS) is 15.6. The van der Waals surface area contributed by atoms with Gasteiger partial charge in [0.05, 0.1) is 24.6 Å². The number of aromatic nitrogens is 1. The van der Waals surface area contributed by atoms with Crippen molar-refractivity contribution in [3.05, 3.63) is 99.1 Å². The Balaban J connectivity index is 1.56.